The summed E-state index contributed by atoms with van der Waals surface area (Å²) in [5.41, 5.74) is 4.22. The van der Waals surface area contributed by atoms with E-state index < -0.39 is 9.84 Å². The average Bonchev–Trinajstić information content (AvgIpc) is 2.93. The minimum atomic E-state index is -3.33. The van der Waals surface area contributed by atoms with Gasteiger partial charge in [-0.05, 0) is 30.7 Å². The molecule has 4 rings (SSSR count). The van der Waals surface area contributed by atoms with Crippen LogP contribution in [0.5, 0.6) is 0 Å². The smallest absolute Gasteiger partial charge is 0.252 e. The number of hydrogen-bond donors (Lipinski definition) is 2. The first kappa shape index (κ1) is 15.7. The first-order chi connectivity index (χ1) is 11.9. The van der Waals surface area contributed by atoms with Crippen molar-refractivity contribution in [1.29, 1.82) is 0 Å². The zero-order valence-corrected chi connectivity index (χ0v) is 14.6. The van der Waals surface area contributed by atoms with Crippen molar-refractivity contribution in [1.82, 2.24) is 9.97 Å². The number of aromatic nitrogens is 2. The van der Waals surface area contributed by atoms with Crippen LogP contribution in [0, 0.1) is 6.92 Å². The van der Waals surface area contributed by atoms with Crippen LogP contribution >= 0.6 is 0 Å². The van der Waals surface area contributed by atoms with E-state index in [0.717, 1.165) is 27.5 Å². The lowest BCUT2D eigenvalue weighted by molar-refractivity contribution is 0.602. The van der Waals surface area contributed by atoms with E-state index in [2.05, 4.69) is 9.97 Å². The summed E-state index contributed by atoms with van der Waals surface area (Å²) in [6.45, 7) is 1.74. The van der Waals surface area contributed by atoms with Gasteiger partial charge in [0.05, 0.1) is 15.9 Å². The molecule has 0 aliphatic rings. The fourth-order valence-electron chi connectivity index (χ4n) is 3.21. The zero-order chi connectivity index (χ0) is 17.8. The largest absolute Gasteiger partial charge is 0.353 e. The van der Waals surface area contributed by atoms with Gasteiger partial charge < -0.3 is 9.97 Å². The number of aromatic amines is 2. The fraction of sp³-hybridized carbons (Fsp3) is 0.105. The number of benzene rings is 2. The summed E-state index contributed by atoms with van der Waals surface area (Å²) in [6.07, 6.45) is 1.18. The highest BCUT2D eigenvalue weighted by Crippen LogP contribution is 2.33. The first-order valence-electron chi connectivity index (χ1n) is 7.80. The van der Waals surface area contributed by atoms with Crippen LogP contribution in [-0.4, -0.2) is 24.6 Å². The Labute approximate surface area is 147 Å². The number of pyridine rings is 1. The molecule has 4 aromatic rings. The minimum absolute atomic E-state index is 0. The van der Waals surface area contributed by atoms with Gasteiger partial charge in [0, 0.05) is 31.1 Å². The first-order valence-corrected chi connectivity index (χ1v) is 9.69. The van der Waals surface area contributed by atoms with E-state index in [4.69, 9.17) is 0 Å². The summed E-state index contributed by atoms with van der Waals surface area (Å²) < 4.78 is 23.8. The molecular formula is C19H20N2O3S. The molecule has 0 saturated heterocycles. The zero-order valence-electron chi connectivity index (χ0n) is 13.8. The van der Waals surface area contributed by atoms with E-state index in [1.165, 1.54) is 6.26 Å². The van der Waals surface area contributed by atoms with Gasteiger partial charge in [0.25, 0.3) is 5.56 Å². The van der Waals surface area contributed by atoms with Crippen LogP contribution in [-0.2, 0) is 9.84 Å². The number of hydrogen-bond acceptors (Lipinski definition) is 3. The molecule has 5 nitrogen and oxygen atoms in total. The maximum atomic E-state index is 12.5. The van der Waals surface area contributed by atoms with Crippen LogP contribution in [0.1, 0.15) is 8.42 Å². The molecule has 2 N–H and O–H groups in total. The van der Waals surface area contributed by atoms with Crippen molar-refractivity contribution in [3.63, 3.8) is 0 Å². The second-order valence-corrected chi connectivity index (χ2v) is 8.19. The average molecular weight is 356 g/mol. The summed E-state index contributed by atoms with van der Waals surface area (Å²) >= 11 is 0. The number of para-hydroxylation sites is 1. The second-order valence-electron chi connectivity index (χ2n) is 6.17. The lowest BCUT2D eigenvalue weighted by Crippen LogP contribution is -2.11. The van der Waals surface area contributed by atoms with Crippen molar-refractivity contribution >= 4 is 31.8 Å². The van der Waals surface area contributed by atoms with Crippen molar-refractivity contribution < 1.29 is 11.3 Å². The molecule has 0 unspecified atom stereocenters. The maximum absolute atomic E-state index is 12.5. The number of rotatable bonds is 2. The molecule has 0 spiro atoms. The normalized spacial score (nSPS) is 12.1. The summed E-state index contributed by atoms with van der Waals surface area (Å²) in [5.74, 6) is 0. The van der Waals surface area contributed by atoms with Crippen molar-refractivity contribution in [3.8, 4) is 11.1 Å². The number of nitrogens with one attached hydrogen (secondary N) is 2. The van der Waals surface area contributed by atoms with Crippen LogP contribution in [0.3, 0.4) is 0 Å². The molecule has 2 heterocycles. The molecule has 0 aliphatic carbocycles. The van der Waals surface area contributed by atoms with Crippen LogP contribution in [0.4, 0.5) is 0 Å². The van der Waals surface area contributed by atoms with E-state index in [1.54, 1.807) is 25.1 Å². The molecule has 0 fully saturated rings. The van der Waals surface area contributed by atoms with Crippen molar-refractivity contribution in [3.05, 3.63) is 64.4 Å². The second kappa shape index (κ2) is 5.32. The van der Waals surface area contributed by atoms with Gasteiger partial charge in [-0.15, -0.1) is 0 Å². The third-order valence-electron chi connectivity index (χ3n) is 4.46. The molecule has 2 aromatic carbocycles. The van der Waals surface area contributed by atoms with Crippen LogP contribution < -0.4 is 5.56 Å². The SMILES string of the molecule is Cc1c(-c2cccc(S(C)(=O)=O)c2)c2[nH]c3ccccc3c2[nH]c1=O.[HH].[HH]. The molecule has 0 bridgehead atoms. The summed E-state index contributed by atoms with van der Waals surface area (Å²) in [6, 6.07) is 14.4. The minimum Gasteiger partial charge on any atom is -0.353 e. The van der Waals surface area contributed by atoms with Crippen molar-refractivity contribution in [2.75, 3.05) is 6.26 Å². The van der Waals surface area contributed by atoms with E-state index in [0.29, 0.717) is 11.1 Å². The van der Waals surface area contributed by atoms with Gasteiger partial charge in [0.2, 0.25) is 0 Å². The Morgan fingerprint density at radius 1 is 0.960 bits per heavy atom. The molecule has 6 heteroatoms. The predicted octanol–water partition coefficient (Wildman–Crippen LogP) is 3.88. The van der Waals surface area contributed by atoms with Gasteiger partial charge in [-0.25, -0.2) is 8.42 Å². The Balaban J connectivity index is 0.00000131. The number of H-pyrrole nitrogens is 2. The Kier molecular flexibility index (Phi) is 3.33. The Morgan fingerprint density at radius 2 is 1.72 bits per heavy atom. The lowest BCUT2D eigenvalue weighted by atomic mass is 10.0. The predicted molar refractivity (Wildman–Crippen MR) is 104 cm³/mol. The highest BCUT2D eigenvalue weighted by molar-refractivity contribution is 7.90. The lowest BCUT2D eigenvalue weighted by Gasteiger charge is -2.09. The Morgan fingerprint density at radius 3 is 2.48 bits per heavy atom. The molecule has 0 atom stereocenters. The van der Waals surface area contributed by atoms with Gasteiger partial charge in [-0.3, -0.25) is 4.79 Å². The molecule has 2 aromatic heterocycles. The van der Waals surface area contributed by atoms with E-state index in [-0.39, 0.29) is 13.3 Å². The number of fused-ring (bicyclic) bond motifs is 3. The highest BCUT2D eigenvalue weighted by Gasteiger charge is 2.17. The van der Waals surface area contributed by atoms with Crippen LogP contribution in [0.2, 0.25) is 0 Å². The molecule has 0 saturated carbocycles. The fourth-order valence-corrected chi connectivity index (χ4v) is 3.88. The van der Waals surface area contributed by atoms with Gasteiger partial charge in [-0.1, -0.05) is 30.3 Å². The quantitative estimate of drug-likeness (QED) is 0.572. The van der Waals surface area contributed by atoms with Crippen molar-refractivity contribution in [2.45, 2.75) is 11.8 Å². The van der Waals surface area contributed by atoms with Crippen molar-refractivity contribution in [2.24, 2.45) is 0 Å². The topological polar surface area (TPSA) is 82.8 Å². The van der Waals surface area contributed by atoms with Crippen LogP contribution in [0.15, 0.2) is 58.2 Å². The standard InChI is InChI=1S/C19H16N2O3S.2H2/c1-11-16(12-6-5-7-13(10-12)25(2,23)24)18-17(21-19(11)22)14-8-3-4-9-15(14)20-18;;/h3-10,20H,1-2H3,(H,21,22);2*1H. The third-order valence-corrected chi connectivity index (χ3v) is 5.57. The number of sulfone groups is 1. The maximum Gasteiger partial charge on any atom is 0.252 e. The Bertz CT molecular complexity index is 1310. The Hall–Kier alpha value is -2.86. The molecule has 0 aliphatic heterocycles. The molecule has 130 valence electrons. The van der Waals surface area contributed by atoms with Gasteiger partial charge in [0.1, 0.15) is 0 Å². The van der Waals surface area contributed by atoms with E-state index in [9.17, 15) is 13.2 Å². The van der Waals surface area contributed by atoms with Gasteiger partial charge in [-0.2, -0.15) is 0 Å². The third kappa shape index (κ3) is 2.46. The molecular weight excluding hydrogens is 336 g/mol. The molecule has 0 amide bonds. The van der Waals surface area contributed by atoms with Gasteiger partial charge >= 0.3 is 0 Å². The molecule has 25 heavy (non-hydrogen) atoms. The van der Waals surface area contributed by atoms with E-state index >= 15 is 0 Å². The highest BCUT2D eigenvalue weighted by atomic mass is 32.2. The molecule has 0 radical (unpaired) electrons. The van der Waals surface area contributed by atoms with E-state index in [1.807, 2.05) is 30.3 Å². The van der Waals surface area contributed by atoms with Crippen LogP contribution in [0.25, 0.3) is 33.1 Å². The van der Waals surface area contributed by atoms with Gasteiger partial charge in [0.15, 0.2) is 9.84 Å². The summed E-state index contributed by atoms with van der Waals surface area (Å²) in [4.78, 5) is 19.0. The summed E-state index contributed by atoms with van der Waals surface area (Å²) in [5, 5.41) is 0.926. The summed E-state index contributed by atoms with van der Waals surface area (Å²) in [7, 11) is -3.33. The monoisotopic (exact) mass is 356 g/mol.